The molecule has 0 aliphatic carbocycles. The summed E-state index contributed by atoms with van der Waals surface area (Å²) in [6.45, 7) is 5.77. The summed E-state index contributed by atoms with van der Waals surface area (Å²) in [5.41, 5.74) is 2.81. The standard InChI is InChI=1S/C21H25ClN4O2/c1-14(2)21-25-12-18(26-21)15-3-6-17(7-4-15)28-10-9-23-13-19(27)16-5-8-20(22)24-11-16/h3-8,11-12,14,19,23,27H,9-10,13H2,1-2H3,(H,25,26). The van der Waals surface area contributed by atoms with E-state index in [2.05, 4.69) is 34.1 Å². The van der Waals surface area contributed by atoms with Crippen LogP contribution in [0.25, 0.3) is 11.3 Å². The number of nitrogens with zero attached hydrogens (tertiary/aromatic N) is 2. The second-order valence-corrected chi connectivity index (χ2v) is 7.23. The number of pyridine rings is 1. The number of aromatic amines is 1. The molecule has 1 atom stereocenters. The van der Waals surface area contributed by atoms with Crippen molar-refractivity contribution in [3.8, 4) is 17.0 Å². The molecular weight excluding hydrogens is 376 g/mol. The first-order chi connectivity index (χ1) is 13.5. The van der Waals surface area contributed by atoms with Gasteiger partial charge in [0.25, 0.3) is 0 Å². The van der Waals surface area contributed by atoms with Crippen LogP contribution < -0.4 is 10.1 Å². The number of rotatable bonds is 9. The maximum atomic E-state index is 10.1. The fraction of sp³-hybridized carbons (Fsp3) is 0.333. The first kappa shape index (κ1) is 20.3. The highest BCUT2D eigenvalue weighted by Crippen LogP contribution is 2.22. The highest BCUT2D eigenvalue weighted by Gasteiger charge is 2.08. The molecule has 2 aromatic heterocycles. The maximum Gasteiger partial charge on any atom is 0.129 e. The Morgan fingerprint density at radius 2 is 1.89 bits per heavy atom. The van der Waals surface area contributed by atoms with Gasteiger partial charge in [0.1, 0.15) is 23.3 Å². The summed E-state index contributed by atoms with van der Waals surface area (Å²) in [6.07, 6.45) is 2.81. The van der Waals surface area contributed by atoms with E-state index in [1.807, 2.05) is 30.5 Å². The summed E-state index contributed by atoms with van der Waals surface area (Å²) in [4.78, 5) is 11.7. The number of H-pyrrole nitrogens is 1. The summed E-state index contributed by atoms with van der Waals surface area (Å²) in [6, 6.07) is 11.3. The van der Waals surface area contributed by atoms with Gasteiger partial charge in [-0.3, -0.25) is 0 Å². The molecule has 0 aliphatic heterocycles. The molecule has 0 radical (unpaired) electrons. The summed E-state index contributed by atoms with van der Waals surface area (Å²) in [7, 11) is 0. The Morgan fingerprint density at radius 1 is 1.11 bits per heavy atom. The number of aliphatic hydroxyl groups is 1. The van der Waals surface area contributed by atoms with Crippen LogP contribution in [-0.2, 0) is 0 Å². The van der Waals surface area contributed by atoms with E-state index in [4.69, 9.17) is 16.3 Å². The van der Waals surface area contributed by atoms with Gasteiger partial charge in [-0.25, -0.2) is 9.97 Å². The molecule has 6 nitrogen and oxygen atoms in total. The lowest BCUT2D eigenvalue weighted by Gasteiger charge is -2.12. The van der Waals surface area contributed by atoms with Crippen LogP contribution in [0.15, 0.2) is 48.8 Å². The lowest BCUT2D eigenvalue weighted by atomic mass is 10.1. The number of benzene rings is 1. The highest BCUT2D eigenvalue weighted by molar-refractivity contribution is 6.29. The van der Waals surface area contributed by atoms with Crippen LogP contribution in [0.5, 0.6) is 5.75 Å². The Bertz CT molecular complexity index is 863. The molecule has 1 unspecified atom stereocenters. The number of nitrogens with one attached hydrogen (secondary N) is 2. The van der Waals surface area contributed by atoms with Gasteiger partial charge in [0.15, 0.2) is 0 Å². The van der Waals surface area contributed by atoms with E-state index in [0.29, 0.717) is 30.8 Å². The topological polar surface area (TPSA) is 83.1 Å². The fourth-order valence-corrected chi connectivity index (χ4v) is 2.80. The summed E-state index contributed by atoms with van der Waals surface area (Å²) >= 11 is 5.75. The quantitative estimate of drug-likeness (QED) is 0.374. The molecule has 3 N–H and O–H groups in total. The van der Waals surface area contributed by atoms with Gasteiger partial charge in [0.2, 0.25) is 0 Å². The van der Waals surface area contributed by atoms with Gasteiger partial charge in [-0.2, -0.15) is 0 Å². The molecule has 3 rings (SSSR count). The van der Waals surface area contributed by atoms with Crippen LogP contribution >= 0.6 is 11.6 Å². The Hall–Kier alpha value is -2.41. The van der Waals surface area contributed by atoms with Crippen molar-refractivity contribution in [2.75, 3.05) is 19.7 Å². The largest absolute Gasteiger partial charge is 0.492 e. The van der Waals surface area contributed by atoms with E-state index in [0.717, 1.165) is 28.4 Å². The number of hydrogen-bond donors (Lipinski definition) is 3. The van der Waals surface area contributed by atoms with E-state index in [-0.39, 0.29) is 0 Å². The van der Waals surface area contributed by atoms with Crippen LogP contribution in [-0.4, -0.2) is 39.8 Å². The molecule has 0 fully saturated rings. The summed E-state index contributed by atoms with van der Waals surface area (Å²) in [5.74, 6) is 2.16. The van der Waals surface area contributed by atoms with Crippen LogP contribution in [0.3, 0.4) is 0 Å². The molecule has 3 aromatic rings. The molecule has 0 spiro atoms. The van der Waals surface area contributed by atoms with Crippen molar-refractivity contribution >= 4 is 11.6 Å². The molecule has 28 heavy (non-hydrogen) atoms. The monoisotopic (exact) mass is 400 g/mol. The van der Waals surface area contributed by atoms with Crippen molar-refractivity contribution in [2.24, 2.45) is 0 Å². The Kier molecular flexibility index (Phi) is 7.03. The zero-order valence-electron chi connectivity index (χ0n) is 16.0. The fourth-order valence-electron chi connectivity index (χ4n) is 2.69. The molecule has 2 heterocycles. The molecule has 7 heteroatoms. The number of hydrogen-bond acceptors (Lipinski definition) is 5. The highest BCUT2D eigenvalue weighted by atomic mass is 35.5. The number of aliphatic hydroxyl groups excluding tert-OH is 1. The third kappa shape index (κ3) is 5.55. The number of halogens is 1. The van der Waals surface area contributed by atoms with Gasteiger partial charge in [-0.15, -0.1) is 0 Å². The predicted molar refractivity (Wildman–Crippen MR) is 111 cm³/mol. The molecule has 0 aliphatic rings. The van der Waals surface area contributed by atoms with Crippen molar-refractivity contribution in [1.82, 2.24) is 20.3 Å². The van der Waals surface area contributed by atoms with Crippen molar-refractivity contribution in [1.29, 1.82) is 0 Å². The first-order valence-corrected chi connectivity index (χ1v) is 9.69. The number of ether oxygens (including phenoxy) is 1. The van der Waals surface area contributed by atoms with E-state index in [1.54, 1.807) is 18.3 Å². The van der Waals surface area contributed by atoms with Crippen LogP contribution in [0.2, 0.25) is 5.15 Å². The van der Waals surface area contributed by atoms with Crippen molar-refractivity contribution < 1.29 is 9.84 Å². The van der Waals surface area contributed by atoms with Gasteiger partial charge < -0.3 is 20.1 Å². The Balaban J connectivity index is 1.40. The SMILES string of the molecule is CC(C)c1ncc(-c2ccc(OCCNCC(O)c3ccc(Cl)nc3)cc2)[nH]1. The van der Waals surface area contributed by atoms with E-state index < -0.39 is 6.10 Å². The lowest BCUT2D eigenvalue weighted by Crippen LogP contribution is -2.26. The van der Waals surface area contributed by atoms with Crippen LogP contribution in [0, 0.1) is 0 Å². The first-order valence-electron chi connectivity index (χ1n) is 9.31. The summed E-state index contributed by atoms with van der Waals surface area (Å²) < 4.78 is 5.74. The third-order valence-electron chi connectivity index (χ3n) is 4.33. The van der Waals surface area contributed by atoms with E-state index >= 15 is 0 Å². The molecule has 0 bridgehead atoms. The summed E-state index contributed by atoms with van der Waals surface area (Å²) in [5, 5.41) is 13.7. The average molecular weight is 401 g/mol. The van der Waals surface area contributed by atoms with E-state index in [9.17, 15) is 5.11 Å². The zero-order chi connectivity index (χ0) is 19.9. The number of aromatic nitrogens is 3. The minimum Gasteiger partial charge on any atom is -0.492 e. The molecule has 148 valence electrons. The third-order valence-corrected chi connectivity index (χ3v) is 4.55. The van der Waals surface area contributed by atoms with Crippen molar-refractivity contribution in [3.05, 3.63) is 65.3 Å². The number of imidazole rings is 1. The zero-order valence-corrected chi connectivity index (χ0v) is 16.8. The molecular formula is C21H25ClN4O2. The van der Waals surface area contributed by atoms with Crippen LogP contribution in [0.1, 0.15) is 37.3 Å². The molecule has 0 saturated heterocycles. The Labute approximate surface area is 170 Å². The van der Waals surface area contributed by atoms with Gasteiger partial charge in [-0.05, 0) is 35.9 Å². The van der Waals surface area contributed by atoms with Gasteiger partial charge >= 0.3 is 0 Å². The maximum absolute atomic E-state index is 10.1. The minimum absolute atomic E-state index is 0.373. The predicted octanol–water partition coefficient (Wildman–Crippen LogP) is 3.95. The van der Waals surface area contributed by atoms with Gasteiger partial charge in [-0.1, -0.05) is 31.5 Å². The van der Waals surface area contributed by atoms with Gasteiger partial charge in [0, 0.05) is 30.8 Å². The van der Waals surface area contributed by atoms with Crippen molar-refractivity contribution in [2.45, 2.75) is 25.9 Å². The molecule has 1 aromatic carbocycles. The average Bonchev–Trinajstić information content (AvgIpc) is 3.19. The van der Waals surface area contributed by atoms with Crippen LogP contribution in [0.4, 0.5) is 0 Å². The molecule has 0 saturated carbocycles. The molecule has 0 amide bonds. The second kappa shape index (κ2) is 9.68. The Morgan fingerprint density at radius 3 is 2.54 bits per heavy atom. The minimum atomic E-state index is -0.630. The lowest BCUT2D eigenvalue weighted by molar-refractivity contribution is 0.171. The van der Waals surface area contributed by atoms with Crippen molar-refractivity contribution in [3.63, 3.8) is 0 Å². The normalized spacial score (nSPS) is 12.3. The second-order valence-electron chi connectivity index (χ2n) is 6.84. The van der Waals surface area contributed by atoms with Gasteiger partial charge in [0.05, 0.1) is 18.0 Å². The smallest absolute Gasteiger partial charge is 0.129 e. The van der Waals surface area contributed by atoms with E-state index in [1.165, 1.54) is 0 Å².